The Balaban J connectivity index is 3.55. The first-order chi connectivity index (χ1) is 8.20. The number of hydrogen-bond acceptors (Lipinski definition) is 9. The minimum atomic E-state index is -2.83. The van der Waals surface area contributed by atoms with E-state index in [1.165, 1.54) is 0 Å². The molecule has 1 aliphatic rings. The van der Waals surface area contributed by atoms with Crippen LogP contribution in [0, 0.1) is 40.5 Å². The number of nitrogens with zero attached hydrogens (tertiary/aromatic N) is 5. The van der Waals surface area contributed by atoms with Gasteiger partial charge in [0.15, 0.2) is 5.03 Å². The number of carbonyl (C=O) groups excluding carboxylic acids is 1. The van der Waals surface area contributed by atoms with Crippen LogP contribution in [0.2, 0.25) is 0 Å². The summed E-state index contributed by atoms with van der Waals surface area (Å²) in [6.45, 7) is 0. The van der Waals surface area contributed by atoms with E-state index in [9.17, 15) is 45.3 Å². The van der Waals surface area contributed by atoms with Crippen LogP contribution in [-0.2, 0) is 4.79 Å². The fourth-order valence-electron chi connectivity index (χ4n) is 1.27. The number of rotatable bonds is 4. The molecule has 1 unspecified atom stereocenters. The molecule has 1 heterocycles. The van der Waals surface area contributed by atoms with E-state index in [1.54, 1.807) is 0 Å². The maximum atomic E-state index is 11.2. The molecule has 0 aromatic rings. The predicted octanol–water partition coefficient (Wildman–Crippen LogP) is -1.61. The normalized spacial score (nSPS) is 19.0. The lowest BCUT2D eigenvalue weighted by atomic mass is 10.3. The van der Waals surface area contributed by atoms with Crippen molar-refractivity contribution in [2.75, 3.05) is 0 Å². The smallest absolute Gasteiger partial charge is 0.262 e. The van der Waals surface area contributed by atoms with E-state index < -0.39 is 48.3 Å². The van der Waals surface area contributed by atoms with Gasteiger partial charge >= 0.3 is 23.5 Å². The van der Waals surface area contributed by atoms with E-state index in [0.717, 1.165) is 0 Å². The van der Waals surface area contributed by atoms with Gasteiger partial charge in [-0.3, -0.25) is 35.1 Å². The molecule has 0 spiro atoms. The summed E-state index contributed by atoms with van der Waals surface area (Å²) < 4.78 is 0. The Morgan fingerprint density at radius 1 is 0.944 bits per heavy atom. The van der Waals surface area contributed by atoms with Crippen molar-refractivity contribution in [2.24, 2.45) is 0 Å². The lowest BCUT2D eigenvalue weighted by Gasteiger charge is -2.05. The second-order valence-electron chi connectivity index (χ2n) is 2.79. The Kier molecular flexibility index (Phi) is 2.86. The Bertz CT molecular complexity index is 521. The Morgan fingerprint density at radius 2 is 1.44 bits per heavy atom. The van der Waals surface area contributed by atoms with Crippen LogP contribution in [0.3, 0.4) is 0 Å². The summed E-state index contributed by atoms with van der Waals surface area (Å²) >= 11 is 0. The van der Waals surface area contributed by atoms with Crippen molar-refractivity contribution in [2.45, 2.75) is 6.17 Å². The first-order valence-electron chi connectivity index (χ1n) is 3.84. The number of hydrazine groups is 1. The maximum Gasteiger partial charge on any atom is 0.440 e. The van der Waals surface area contributed by atoms with Crippen LogP contribution in [0.15, 0.2) is 11.4 Å². The number of carbonyl (C=O) groups is 1. The number of amides is 1. The van der Waals surface area contributed by atoms with Gasteiger partial charge in [-0.2, -0.15) is 0 Å². The molecular weight excluding hydrogens is 262 g/mol. The molecule has 1 aliphatic heterocycles. The van der Waals surface area contributed by atoms with Crippen LogP contribution >= 0.6 is 0 Å². The molecule has 0 radical (unpaired) electrons. The molecule has 1 atom stereocenters. The highest BCUT2D eigenvalue weighted by molar-refractivity contribution is 5.93. The fraction of sp³-hybridized carbons (Fsp3) is 0.250. The molecule has 14 nitrogen and oxygen atoms in total. The maximum absolute atomic E-state index is 11.2. The summed E-state index contributed by atoms with van der Waals surface area (Å²) in [4.78, 5) is 48.3. The largest absolute Gasteiger partial charge is 0.440 e. The van der Waals surface area contributed by atoms with E-state index >= 15 is 0 Å². The Labute approximate surface area is 94.6 Å². The van der Waals surface area contributed by atoms with E-state index in [4.69, 9.17) is 0 Å². The molecule has 0 saturated heterocycles. The van der Waals surface area contributed by atoms with Crippen molar-refractivity contribution in [1.29, 1.82) is 0 Å². The van der Waals surface area contributed by atoms with Gasteiger partial charge in [0.1, 0.15) is 0 Å². The van der Waals surface area contributed by atoms with Crippen molar-refractivity contribution in [3.05, 3.63) is 51.9 Å². The van der Waals surface area contributed by atoms with Crippen LogP contribution in [0.5, 0.6) is 0 Å². The minimum absolute atomic E-state index is 0.768. The molecule has 1 amide bonds. The van der Waals surface area contributed by atoms with Crippen molar-refractivity contribution < 1.29 is 24.6 Å². The van der Waals surface area contributed by atoms with Gasteiger partial charge in [0.25, 0.3) is 0 Å². The van der Waals surface area contributed by atoms with Crippen molar-refractivity contribution in [1.82, 2.24) is 5.01 Å². The van der Waals surface area contributed by atoms with Crippen LogP contribution < -0.4 is 0 Å². The van der Waals surface area contributed by atoms with E-state index in [-0.39, 0.29) is 0 Å². The zero-order valence-electron chi connectivity index (χ0n) is 7.99. The van der Waals surface area contributed by atoms with Gasteiger partial charge < -0.3 is 0 Å². The second-order valence-corrected chi connectivity index (χ2v) is 2.79. The SMILES string of the molecule is O=C1C([N+](=O)[O-])=C([N+](=O)[O-])C([N+](=O)[O-])N1[N+](=O)[O-]. The van der Waals surface area contributed by atoms with Gasteiger partial charge in [-0.05, 0) is 0 Å². The van der Waals surface area contributed by atoms with Gasteiger partial charge in [-0.25, -0.2) is 10.1 Å². The van der Waals surface area contributed by atoms with Crippen LogP contribution in [0.25, 0.3) is 0 Å². The summed E-state index contributed by atoms with van der Waals surface area (Å²) in [6.07, 6.45) is -2.83. The molecule has 0 saturated carbocycles. The monoisotopic (exact) mass is 263 g/mol. The zero-order valence-corrected chi connectivity index (χ0v) is 7.99. The van der Waals surface area contributed by atoms with E-state index in [0.29, 0.717) is 0 Å². The summed E-state index contributed by atoms with van der Waals surface area (Å²) in [7, 11) is 0. The molecule has 0 aromatic heterocycles. The van der Waals surface area contributed by atoms with Crippen LogP contribution in [0.1, 0.15) is 0 Å². The summed E-state index contributed by atoms with van der Waals surface area (Å²) in [5.74, 6) is -2.02. The third kappa shape index (κ3) is 1.66. The van der Waals surface area contributed by atoms with Crippen LogP contribution in [-0.4, -0.2) is 36.9 Å². The zero-order chi connectivity index (χ0) is 14.2. The van der Waals surface area contributed by atoms with E-state index in [2.05, 4.69) is 0 Å². The molecule has 0 aliphatic carbocycles. The minimum Gasteiger partial charge on any atom is -0.262 e. The lowest BCUT2D eigenvalue weighted by Crippen LogP contribution is -2.45. The van der Waals surface area contributed by atoms with Gasteiger partial charge in [0.2, 0.25) is 0 Å². The Morgan fingerprint density at radius 3 is 1.72 bits per heavy atom. The molecule has 0 fully saturated rings. The highest BCUT2D eigenvalue weighted by Crippen LogP contribution is 2.27. The van der Waals surface area contributed by atoms with Gasteiger partial charge in [-0.1, -0.05) is 0 Å². The molecule has 14 heteroatoms. The second kappa shape index (κ2) is 4.00. The summed E-state index contributed by atoms with van der Waals surface area (Å²) in [5, 5.41) is 39.4. The third-order valence-corrected chi connectivity index (χ3v) is 1.88. The first-order valence-corrected chi connectivity index (χ1v) is 3.84. The average Bonchev–Trinajstić information content (AvgIpc) is 2.51. The van der Waals surface area contributed by atoms with Crippen molar-refractivity contribution in [3.63, 3.8) is 0 Å². The highest BCUT2D eigenvalue weighted by Gasteiger charge is 2.67. The van der Waals surface area contributed by atoms with Gasteiger partial charge in [0, 0.05) is 5.01 Å². The average molecular weight is 263 g/mol. The molecule has 0 N–H and O–H groups in total. The molecule has 18 heavy (non-hydrogen) atoms. The summed E-state index contributed by atoms with van der Waals surface area (Å²) in [6, 6.07) is 0. The third-order valence-electron chi connectivity index (χ3n) is 1.88. The van der Waals surface area contributed by atoms with Crippen molar-refractivity contribution >= 4 is 5.91 Å². The summed E-state index contributed by atoms with van der Waals surface area (Å²) in [5.41, 5.74) is -3.54. The standard InChI is InChI=1S/C4HN5O9/c10-4-2(7(13)14)1(6(11)12)3(8(15)16)5(4)9(17)18/h3H. The lowest BCUT2D eigenvalue weighted by molar-refractivity contribution is -0.714. The molecule has 0 bridgehead atoms. The quantitative estimate of drug-likeness (QED) is 0.423. The Hall–Kier alpha value is -3.19. The van der Waals surface area contributed by atoms with Gasteiger partial charge in [0.05, 0.1) is 14.8 Å². The molecule has 0 aromatic carbocycles. The molecule has 1 rings (SSSR count). The fourth-order valence-corrected chi connectivity index (χ4v) is 1.27. The highest BCUT2D eigenvalue weighted by atomic mass is 16.7. The number of nitro groups is 4. The predicted molar refractivity (Wildman–Crippen MR) is 45.6 cm³/mol. The van der Waals surface area contributed by atoms with E-state index in [1.807, 2.05) is 0 Å². The van der Waals surface area contributed by atoms with Crippen molar-refractivity contribution in [3.8, 4) is 0 Å². The van der Waals surface area contributed by atoms with Gasteiger partial charge in [-0.15, -0.1) is 0 Å². The first kappa shape index (κ1) is 12.9. The topological polar surface area (TPSA) is 193 Å². The number of hydrogen-bond donors (Lipinski definition) is 0. The molecule has 96 valence electrons. The molecular formula is C4HN5O9. The van der Waals surface area contributed by atoms with Crippen LogP contribution in [0.4, 0.5) is 0 Å².